The first-order valence-corrected chi connectivity index (χ1v) is 13.1. The summed E-state index contributed by atoms with van der Waals surface area (Å²) in [5.74, 6) is -0.725. The van der Waals surface area contributed by atoms with E-state index in [1.807, 2.05) is 11.0 Å². The third kappa shape index (κ3) is 4.68. The van der Waals surface area contributed by atoms with Gasteiger partial charge in [0.2, 0.25) is 15.9 Å². The normalized spacial score (nSPS) is 19.7. The van der Waals surface area contributed by atoms with E-state index < -0.39 is 10.0 Å². The number of amides is 1. The maximum atomic E-state index is 13.6. The lowest BCUT2D eigenvalue weighted by molar-refractivity contribution is -0.137. The highest BCUT2D eigenvalue weighted by Crippen LogP contribution is 2.29. The number of sulfonamides is 1. The largest absolute Gasteiger partial charge is 0.508 e. The lowest BCUT2D eigenvalue weighted by Crippen LogP contribution is -2.53. The highest BCUT2D eigenvalue weighted by Gasteiger charge is 2.36. The van der Waals surface area contributed by atoms with Crippen molar-refractivity contribution in [1.29, 1.82) is 0 Å². The van der Waals surface area contributed by atoms with E-state index in [-0.39, 0.29) is 34.8 Å². The van der Waals surface area contributed by atoms with Crippen LogP contribution in [0.15, 0.2) is 59.6 Å². The van der Waals surface area contributed by atoms with Crippen molar-refractivity contribution in [2.75, 3.05) is 44.2 Å². The number of nitrogens with zero attached hydrogens (tertiary/aromatic N) is 4. The molecular weight excluding hydrogens is 471 g/mol. The van der Waals surface area contributed by atoms with E-state index in [4.69, 9.17) is 0 Å². The molecule has 2 fully saturated rings. The van der Waals surface area contributed by atoms with Gasteiger partial charge >= 0.3 is 0 Å². The molecule has 184 valence electrons. The molecule has 10 heteroatoms. The second-order valence-corrected chi connectivity index (χ2v) is 10.9. The molecule has 35 heavy (non-hydrogen) atoms. The van der Waals surface area contributed by atoms with Crippen LogP contribution in [0.25, 0.3) is 10.9 Å². The molecule has 1 unspecified atom stereocenters. The van der Waals surface area contributed by atoms with Crippen LogP contribution in [0.3, 0.4) is 0 Å². The number of fused-ring (bicyclic) bond motifs is 1. The molecule has 1 N–H and O–H groups in total. The van der Waals surface area contributed by atoms with Gasteiger partial charge in [0.15, 0.2) is 0 Å². The molecule has 2 saturated heterocycles. The van der Waals surface area contributed by atoms with Crippen molar-refractivity contribution in [3.8, 4) is 5.75 Å². The van der Waals surface area contributed by atoms with Crippen LogP contribution >= 0.6 is 0 Å². The van der Waals surface area contributed by atoms with Crippen molar-refractivity contribution >= 4 is 32.5 Å². The molecule has 1 amide bonds. The highest BCUT2D eigenvalue weighted by atomic mass is 32.2. The Labute approximate surface area is 203 Å². The quantitative estimate of drug-likeness (QED) is 0.595. The number of pyridine rings is 1. The molecule has 2 aliphatic heterocycles. The van der Waals surface area contributed by atoms with Gasteiger partial charge in [0.05, 0.1) is 16.3 Å². The molecule has 0 bridgehead atoms. The Morgan fingerprint density at radius 2 is 1.74 bits per heavy atom. The van der Waals surface area contributed by atoms with E-state index in [0.717, 1.165) is 11.1 Å². The van der Waals surface area contributed by atoms with E-state index in [1.54, 1.807) is 12.3 Å². The molecule has 8 nitrogen and oxygen atoms in total. The average Bonchev–Trinajstić information content (AvgIpc) is 2.88. The number of aromatic nitrogens is 1. The summed E-state index contributed by atoms with van der Waals surface area (Å²) in [6, 6.07) is 11.9. The molecule has 0 radical (unpaired) electrons. The number of benzene rings is 2. The van der Waals surface area contributed by atoms with E-state index in [9.17, 15) is 22.7 Å². The third-order valence-corrected chi connectivity index (χ3v) is 8.70. The summed E-state index contributed by atoms with van der Waals surface area (Å²) in [6.45, 7) is 2.85. The van der Waals surface area contributed by atoms with Crippen LogP contribution in [0, 0.1) is 11.7 Å². The number of phenolic OH excluding ortho intramolecular Hbond substituents is 1. The van der Waals surface area contributed by atoms with Crippen molar-refractivity contribution in [2.45, 2.75) is 17.7 Å². The predicted octanol–water partition coefficient (Wildman–Crippen LogP) is 2.83. The van der Waals surface area contributed by atoms with Crippen LogP contribution in [0.4, 0.5) is 10.1 Å². The number of carbonyl (C=O) groups excluding carboxylic acids is 1. The van der Waals surface area contributed by atoms with Crippen LogP contribution in [-0.4, -0.2) is 72.9 Å². The van der Waals surface area contributed by atoms with E-state index >= 15 is 0 Å². The summed E-state index contributed by atoms with van der Waals surface area (Å²) < 4.78 is 41.1. The van der Waals surface area contributed by atoms with Gasteiger partial charge in [0.25, 0.3) is 0 Å². The molecule has 0 aliphatic carbocycles. The molecule has 2 aromatic carbocycles. The molecule has 0 saturated carbocycles. The van der Waals surface area contributed by atoms with Crippen molar-refractivity contribution < 1.29 is 22.7 Å². The minimum absolute atomic E-state index is 0.00159. The lowest BCUT2D eigenvalue weighted by Gasteiger charge is -2.39. The first kappa shape index (κ1) is 23.5. The van der Waals surface area contributed by atoms with Gasteiger partial charge in [-0.15, -0.1) is 0 Å². The number of phenols is 1. The maximum Gasteiger partial charge on any atom is 0.243 e. The first-order chi connectivity index (χ1) is 16.8. The zero-order valence-corrected chi connectivity index (χ0v) is 20.0. The molecule has 5 rings (SSSR count). The molecule has 2 aliphatic rings. The van der Waals surface area contributed by atoms with Gasteiger partial charge < -0.3 is 14.9 Å². The number of anilines is 1. The summed E-state index contributed by atoms with van der Waals surface area (Å²) in [6.07, 6.45) is 2.94. The number of piperidine rings is 1. The number of rotatable bonds is 4. The molecule has 3 aromatic rings. The number of piperazine rings is 1. The number of halogens is 1. The lowest BCUT2D eigenvalue weighted by atomic mass is 9.97. The Morgan fingerprint density at radius 1 is 1.00 bits per heavy atom. The molecule has 3 heterocycles. The Morgan fingerprint density at radius 3 is 2.49 bits per heavy atom. The van der Waals surface area contributed by atoms with Gasteiger partial charge in [0, 0.05) is 62.6 Å². The van der Waals surface area contributed by atoms with E-state index in [0.29, 0.717) is 51.1 Å². The zero-order chi connectivity index (χ0) is 24.6. The van der Waals surface area contributed by atoms with Crippen LogP contribution in [0.2, 0.25) is 0 Å². The SMILES string of the molecule is O=C(C1CCCN(S(=O)(=O)c2ccc(O)cc2)C1)N1CCN(c2ccnc3cc(F)ccc23)CC1. The van der Waals surface area contributed by atoms with Gasteiger partial charge in [-0.2, -0.15) is 4.31 Å². The average molecular weight is 499 g/mol. The molecule has 1 aromatic heterocycles. The fraction of sp³-hybridized carbons (Fsp3) is 0.360. The number of hydrogen-bond acceptors (Lipinski definition) is 6. The molecule has 1 atom stereocenters. The van der Waals surface area contributed by atoms with Gasteiger partial charge in [-0.05, 0) is 55.3 Å². The fourth-order valence-corrected chi connectivity index (χ4v) is 6.46. The monoisotopic (exact) mass is 498 g/mol. The van der Waals surface area contributed by atoms with Gasteiger partial charge in [-0.1, -0.05) is 0 Å². The summed E-state index contributed by atoms with van der Waals surface area (Å²) in [4.78, 5) is 21.7. The summed E-state index contributed by atoms with van der Waals surface area (Å²) in [5.41, 5.74) is 1.56. The number of aromatic hydroxyl groups is 1. The highest BCUT2D eigenvalue weighted by molar-refractivity contribution is 7.89. The van der Waals surface area contributed by atoms with E-state index in [2.05, 4.69) is 9.88 Å². The van der Waals surface area contributed by atoms with Gasteiger partial charge in [0.1, 0.15) is 11.6 Å². The van der Waals surface area contributed by atoms with Crippen LogP contribution in [0.1, 0.15) is 12.8 Å². The Bertz CT molecular complexity index is 1340. The minimum Gasteiger partial charge on any atom is -0.508 e. The third-order valence-electron chi connectivity index (χ3n) is 6.82. The second-order valence-electron chi connectivity index (χ2n) is 9.00. The van der Waals surface area contributed by atoms with Crippen LogP contribution in [0.5, 0.6) is 5.75 Å². The predicted molar refractivity (Wildman–Crippen MR) is 130 cm³/mol. The Balaban J connectivity index is 1.24. The maximum absolute atomic E-state index is 13.6. The van der Waals surface area contributed by atoms with Gasteiger partial charge in [-0.3, -0.25) is 9.78 Å². The van der Waals surface area contributed by atoms with E-state index in [1.165, 1.54) is 40.7 Å². The van der Waals surface area contributed by atoms with Crippen molar-refractivity contribution in [2.24, 2.45) is 5.92 Å². The van der Waals surface area contributed by atoms with Crippen LogP contribution in [-0.2, 0) is 14.8 Å². The Hall–Kier alpha value is -3.24. The summed E-state index contributed by atoms with van der Waals surface area (Å²) >= 11 is 0. The van der Waals surface area contributed by atoms with Gasteiger partial charge in [-0.25, -0.2) is 12.8 Å². The Kier molecular flexibility index (Phi) is 6.33. The second kappa shape index (κ2) is 9.43. The zero-order valence-electron chi connectivity index (χ0n) is 19.2. The molecule has 0 spiro atoms. The summed E-state index contributed by atoms with van der Waals surface area (Å²) in [7, 11) is -3.73. The van der Waals surface area contributed by atoms with Crippen LogP contribution < -0.4 is 4.90 Å². The van der Waals surface area contributed by atoms with Crippen molar-refractivity contribution in [3.63, 3.8) is 0 Å². The number of hydrogen-bond donors (Lipinski definition) is 1. The smallest absolute Gasteiger partial charge is 0.243 e. The summed E-state index contributed by atoms with van der Waals surface area (Å²) in [5, 5.41) is 10.3. The first-order valence-electron chi connectivity index (χ1n) is 11.7. The topological polar surface area (TPSA) is 94.0 Å². The van der Waals surface area contributed by atoms with Crippen molar-refractivity contribution in [3.05, 3.63) is 60.5 Å². The standard InChI is InChI=1S/C25H27FN4O4S/c26-19-3-8-22-23(16-19)27-10-9-24(22)28-12-14-29(15-13-28)25(32)18-2-1-11-30(17-18)35(33,34)21-6-4-20(31)5-7-21/h3-10,16,18,31H,1-2,11-15,17H2. The van der Waals surface area contributed by atoms with Crippen molar-refractivity contribution in [1.82, 2.24) is 14.2 Å². The fourth-order valence-electron chi connectivity index (χ4n) is 4.94. The minimum atomic E-state index is -3.73. The number of carbonyl (C=O) groups is 1. The molecular formula is C25H27FN4O4S.